The summed E-state index contributed by atoms with van der Waals surface area (Å²) < 4.78 is 32.9. The Hall–Kier alpha value is -1.85. The summed E-state index contributed by atoms with van der Waals surface area (Å²) in [6.07, 6.45) is 4.66. The van der Waals surface area contributed by atoms with Crippen LogP contribution in [0.25, 0.3) is 0 Å². The fraction of sp³-hybridized carbons (Fsp3) is 0.368. The number of benzene rings is 2. The maximum Gasteiger partial charge on any atom is 0.241 e. The molecule has 0 spiro atoms. The molecule has 2 aromatic rings. The normalized spacial score (nSPS) is 15.6. The highest BCUT2D eigenvalue weighted by Gasteiger charge is 2.19. The van der Waals surface area contributed by atoms with Gasteiger partial charge in [0.15, 0.2) is 0 Å². The number of sulfonamides is 1. The Morgan fingerprint density at radius 2 is 1.67 bits per heavy atom. The zero-order valence-corrected chi connectivity index (χ0v) is 14.9. The van der Waals surface area contributed by atoms with Crippen LogP contribution in [0, 0.1) is 0 Å². The predicted octanol–water partition coefficient (Wildman–Crippen LogP) is 3.61. The third-order valence-corrected chi connectivity index (χ3v) is 6.13. The van der Waals surface area contributed by atoms with E-state index >= 15 is 0 Å². The molecular weight excluding hydrogens is 322 g/mol. The molecule has 1 aliphatic rings. The molecule has 0 aliphatic heterocycles. The van der Waals surface area contributed by atoms with Gasteiger partial charge in [-0.15, -0.1) is 0 Å². The fourth-order valence-corrected chi connectivity index (χ4v) is 4.38. The van der Waals surface area contributed by atoms with E-state index in [2.05, 4.69) is 16.9 Å². The van der Waals surface area contributed by atoms with E-state index in [1.54, 1.807) is 31.4 Å². The van der Waals surface area contributed by atoms with Gasteiger partial charge in [0, 0.05) is 6.04 Å². The van der Waals surface area contributed by atoms with E-state index in [1.165, 1.54) is 24.0 Å². The Labute approximate surface area is 143 Å². The summed E-state index contributed by atoms with van der Waals surface area (Å²) in [5.41, 5.74) is 3.76. The van der Waals surface area contributed by atoms with Crippen LogP contribution in [0.2, 0.25) is 0 Å². The molecule has 0 saturated carbocycles. The van der Waals surface area contributed by atoms with Crippen LogP contribution in [0.15, 0.2) is 47.4 Å². The number of ether oxygens (including phenoxy) is 1. The zero-order chi connectivity index (χ0) is 17.2. The summed E-state index contributed by atoms with van der Waals surface area (Å²) in [7, 11) is -2.00. The highest BCUT2D eigenvalue weighted by molar-refractivity contribution is 7.89. The number of hydrogen-bond donors (Lipinski definition) is 1. The monoisotopic (exact) mass is 345 g/mol. The Morgan fingerprint density at radius 1 is 1.00 bits per heavy atom. The molecule has 128 valence electrons. The van der Waals surface area contributed by atoms with Gasteiger partial charge in [-0.2, -0.15) is 0 Å². The maximum atomic E-state index is 12.6. The first-order chi connectivity index (χ1) is 11.5. The first kappa shape index (κ1) is 17.0. The van der Waals surface area contributed by atoms with Crippen molar-refractivity contribution in [3.63, 3.8) is 0 Å². The number of aryl methyl sites for hydroxylation is 2. The molecule has 4 nitrogen and oxygen atoms in total. The van der Waals surface area contributed by atoms with Crippen molar-refractivity contribution >= 4 is 10.0 Å². The summed E-state index contributed by atoms with van der Waals surface area (Å²) >= 11 is 0. The van der Waals surface area contributed by atoms with E-state index in [1.807, 2.05) is 13.0 Å². The number of hydrogen-bond acceptors (Lipinski definition) is 3. The quantitative estimate of drug-likeness (QED) is 0.900. The van der Waals surface area contributed by atoms with Gasteiger partial charge in [0.1, 0.15) is 5.75 Å². The lowest BCUT2D eigenvalue weighted by atomic mass is 9.89. The Bertz CT molecular complexity index is 813. The van der Waals surface area contributed by atoms with Crippen LogP contribution in [0.4, 0.5) is 0 Å². The van der Waals surface area contributed by atoms with E-state index in [9.17, 15) is 8.42 Å². The van der Waals surface area contributed by atoms with E-state index in [-0.39, 0.29) is 10.9 Å². The molecule has 5 heteroatoms. The van der Waals surface area contributed by atoms with Gasteiger partial charge in [-0.3, -0.25) is 0 Å². The molecule has 0 radical (unpaired) electrons. The minimum atomic E-state index is -3.56. The van der Waals surface area contributed by atoms with Crippen molar-refractivity contribution in [2.24, 2.45) is 0 Å². The molecule has 0 fully saturated rings. The summed E-state index contributed by atoms with van der Waals surface area (Å²) in [5, 5.41) is 0. The highest BCUT2D eigenvalue weighted by Crippen LogP contribution is 2.26. The third-order valence-electron chi connectivity index (χ3n) is 4.57. The van der Waals surface area contributed by atoms with Crippen LogP contribution in [-0.4, -0.2) is 15.5 Å². The van der Waals surface area contributed by atoms with Crippen LogP contribution in [0.3, 0.4) is 0 Å². The largest absolute Gasteiger partial charge is 0.497 e. The maximum absolute atomic E-state index is 12.6. The average molecular weight is 345 g/mol. The highest BCUT2D eigenvalue weighted by atomic mass is 32.2. The molecular formula is C19H23NO3S. The van der Waals surface area contributed by atoms with Crippen LogP contribution in [0.5, 0.6) is 5.75 Å². The third kappa shape index (κ3) is 3.62. The van der Waals surface area contributed by atoms with Crippen molar-refractivity contribution in [2.75, 3.05) is 7.11 Å². The van der Waals surface area contributed by atoms with Crippen molar-refractivity contribution in [2.45, 2.75) is 43.5 Å². The van der Waals surface area contributed by atoms with Crippen LogP contribution in [0.1, 0.15) is 42.5 Å². The minimum absolute atomic E-state index is 0.244. The van der Waals surface area contributed by atoms with Crippen molar-refractivity contribution < 1.29 is 13.2 Å². The summed E-state index contributed by atoms with van der Waals surface area (Å²) in [6.45, 7) is 1.88. The van der Waals surface area contributed by atoms with Crippen LogP contribution in [-0.2, 0) is 22.9 Å². The molecule has 0 bridgehead atoms. The molecule has 24 heavy (non-hydrogen) atoms. The Balaban J connectivity index is 1.78. The molecule has 0 aromatic heterocycles. The second kappa shape index (κ2) is 6.95. The fourth-order valence-electron chi connectivity index (χ4n) is 3.15. The summed E-state index contributed by atoms with van der Waals surface area (Å²) in [6, 6.07) is 12.5. The molecule has 1 atom stereocenters. The first-order valence-corrected chi connectivity index (χ1v) is 9.76. The standard InChI is InChI=1S/C19H23NO3S/c1-14(16-8-7-15-5-3-4-6-17(15)13-16)20-24(21,22)19-11-9-18(23-2)10-12-19/h7-14,20H,3-6H2,1-2H3/t14-/m1/s1. The van der Waals surface area contributed by atoms with Gasteiger partial charge in [-0.05, 0) is 73.6 Å². The average Bonchev–Trinajstić information content (AvgIpc) is 2.61. The Morgan fingerprint density at radius 3 is 2.33 bits per heavy atom. The topological polar surface area (TPSA) is 55.4 Å². The van der Waals surface area contributed by atoms with Crippen molar-refractivity contribution in [3.05, 3.63) is 59.2 Å². The van der Waals surface area contributed by atoms with Gasteiger partial charge in [0.05, 0.1) is 12.0 Å². The molecule has 3 rings (SSSR count). The van der Waals surface area contributed by atoms with Crippen molar-refractivity contribution in [3.8, 4) is 5.75 Å². The lowest BCUT2D eigenvalue weighted by Crippen LogP contribution is -2.27. The number of nitrogens with one attached hydrogen (secondary N) is 1. The van der Waals surface area contributed by atoms with Crippen LogP contribution < -0.4 is 9.46 Å². The number of rotatable bonds is 5. The number of fused-ring (bicyclic) bond motifs is 1. The Kier molecular flexibility index (Phi) is 4.92. The summed E-state index contributed by atoms with van der Waals surface area (Å²) in [5.74, 6) is 0.636. The minimum Gasteiger partial charge on any atom is -0.497 e. The lowest BCUT2D eigenvalue weighted by molar-refractivity contribution is 0.414. The second-order valence-corrected chi connectivity index (χ2v) is 7.97. The van der Waals surface area contributed by atoms with Gasteiger partial charge in [0.25, 0.3) is 0 Å². The molecule has 2 aromatic carbocycles. The van der Waals surface area contributed by atoms with Gasteiger partial charge >= 0.3 is 0 Å². The van der Waals surface area contributed by atoms with Crippen molar-refractivity contribution in [1.82, 2.24) is 4.72 Å². The molecule has 0 heterocycles. The molecule has 0 saturated heterocycles. The molecule has 0 amide bonds. The lowest BCUT2D eigenvalue weighted by Gasteiger charge is -2.20. The molecule has 1 aliphatic carbocycles. The van der Waals surface area contributed by atoms with Gasteiger partial charge < -0.3 is 4.74 Å². The SMILES string of the molecule is COc1ccc(S(=O)(=O)N[C@H](C)c2ccc3c(c2)CCCC3)cc1. The van der Waals surface area contributed by atoms with Crippen molar-refractivity contribution in [1.29, 1.82) is 0 Å². The van der Waals surface area contributed by atoms with Gasteiger partial charge in [0.2, 0.25) is 10.0 Å². The molecule has 1 N–H and O–H groups in total. The zero-order valence-electron chi connectivity index (χ0n) is 14.1. The van der Waals surface area contributed by atoms with E-state index in [0.717, 1.165) is 18.4 Å². The van der Waals surface area contributed by atoms with Crippen LogP contribution >= 0.6 is 0 Å². The first-order valence-electron chi connectivity index (χ1n) is 8.28. The predicted molar refractivity (Wildman–Crippen MR) is 94.8 cm³/mol. The smallest absolute Gasteiger partial charge is 0.241 e. The second-order valence-electron chi connectivity index (χ2n) is 6.25. The summed E-state index contributed by atoms with van der Waals surface area (Å²) in [4.78, 5) is 0.244. The number of methoxy groups -OCH3 is 1. The molecule has 0 unspecified atom stereocenters. The van der Waals surface area contributed by atoms with Gasteiger partial charge in [-0.1, -0.05) is 18.2 Å². The van der Waals surface area contributed by atoms with E-state index in [0.29, 0.717) is 5.75 Å². The van der Waals surface area contributed by atoms with Gasteiger partial charge in [-0.25, -0.2) is 13.1 Å². The van der Waals surface area contributed by atoms with E-state index in [4.69, 9.17) is 4.74 Å². The van der Waals surface area contributed by atoms with E-state index < -0.39 is 10.0 Å².